The smallest absolute Gasteiger partial charge is 0.102 e. The number of aliphatic hydroxyl groups excluding tert-OH is 1. The topological polar surface area (TPSA) is 42.4 Å². The van der Waals surface area contributed by atoms with Gasteiger partial charge in [-0.3, -0.25) is 0 Å². The molecule has 5 heteroatoms. The monoisotopic (exact) mass is 327 g/mol. The highest BCUT2D eigenvalue weighted by atomic mass is 35.5. The summed E-state index contributed by atoms with van der Waals surface area (Å²) in [6.45, 7) is 7.28. The van der Waals surface area contributed by atoms with Gasteiger partial charge in [-0.2, -0.15) is 0 Å². The van der Waals surface area contributed by atoms with Crippen LogP contribution < -0.4 is 0 Å². The molecule has 3 nitrogen and oxygen atoms in total. The number of halogens is 1. The predicted octanol–water partition coefficient (Wildman–Crippen LogP) is 4.40. The molecule has 0 saturated carbocycles. The van der Waals surface area contributed by atoms with E-state index < -0.39 is 0 Å². The van der Waals surface area contributed by atoms with Crippen molar-refractivity contribution in [1.82, 2.24) is 4.98 Å². The Balaban J connectivity index is 2.12. The minimum absolute atomic E-state index is 0.0622. The standard InChI is InChI=1S/C16H22ClNO2S/c1-11(20-9-5-4-8-19)16(2,3)15-18-13-7-6-12(17)10-14(13)21-15/h6-7,10-11,19H,4-5,8-9H2,1-3H3. The van der Waals surface area contributed by atoms with E-state index in [0.29, 0.717) is 6.61 Å². The average molecular weight is 328 g/mol. The summed E-state index contributed by atoms with van der Waals surface area (Å²) >= 11 is 7.71. The molecule has 0 aliphatic rings. The maximum absolute atomic E-state index is 8.80. The number of aliphatic hydroxyl groups is 1. The number of ether oxygens (including phenoxy) is 1. The molecular formula is C16H22ClNO2S. The van der Waals surface area contributed by atoms with E-state index in [2.05, 4.69) is 20.8 Å². The van der Waals surface area contributed by atoms with Crippen LogP contribution in [0.4, 0.5) is 0 Å². The van der Waals surface area contributed by atoms with Gasteiger partial charge in [0.15, 0.2) is 0 Å². The molecule has 2 aromatic rings. The quantitative estimate of drug-likeness (QED) is 0.766. The van der Waals surface area contributed by atoms with Crippen molar-refractivity contribution in [2.75, 3.05) is 13.2 Å². The third-order valence-electron chi connectivity index (χ3n) is 3.84. The Bertz CT molecular complexity index is 597. The van der Waals surface area contributed by atoms with Crippen LogP contribution in [0, 0.1) is 0 Å². The van der Waals surface area contributed by atoms with Gasteiger partial charge in [0, 0.05) is 23.7 Å². The van der Waals surface area contributed by atoms with Crippen LogP contribution in [0.5, 0.6) is 0 Å². The second-order valence-electron chi connectivity index (χ2n) is 5.80. The highest BCUT2D eigenvalue weighted by molar-refractivity contribution is 7.18. The number of unbranched alkanes of at least 4 members (excludes halogenated alkanes) is 1. The molecule has 0 bridgehead atoms. The minimum atomic E-state index is -0.157. The van der Waals surface area contributed by atoms with Crippen molar-refractivity contribution in [3.63, 3.8) is 0 Å². The van der Waals surface area contributed by atoms with E-state index >= 15 is 0 Å². The molecule has 0 spiro atoms. The molecule has 0 aliphatic carbocycles. The second-order valence-corrected chi connectivity index (χ2v) is 7.26. The number of hydrogen-bond acceptors (Lipinski definition) is 4. The lowest BCUT2D eigenvalue weighted by molar-refractivity contribution is 0.0163. The molecule has 1 N–H and O–H groups in total. The summed E-state index contributed by atoms with van der Waals surface area (Å²) in [7, 11) is 0. The first-order valence-electron chi connectivity index (χ1n) is 7.24. The maximum atomic E-state index is 8.80. The van der Waals surface area contributed by atoms with Gasteiger partial charge in [0.25, 0.3) is 0 Å². The molecule has 0 saturated heterocycles. The number of benzene rings is 1. The van der Waals surface area contributed by atoms with E-state index in [1.807, 2.05) is 18.2 Å². The third-order valence-corrected chi connectivity index (χ3v) is 5.43. The van der Waals surface area contributed by atoms with Gasteiger partial charge in [0.1, 0.15) is 5.01 Å². The van der Waals surface area contributed by atoms with Crippen LogP contribution in [0.25, 0.3) is 10.2 Å². The number of aromatic nitrogens is 1. The van der Waals surface area contributed by atoms with Crippen molar-refractivity contribution < 1.29 is 9.84 Å². The van der Waals surface area contributed by atoms with Gasteiger partial charge in [-0.1, -0.05) is 25.4 Å². The van der Waals surface area contributed by atoms with Crippen LogP contribution in [0.3, 0.4) is 0 Å². The zero-order chi connectivity index (χ0) is 15.5. The number of fused-ring (bicyclic) bond motifs is 1. The number of nitrogens with zero attached hydrogens (tertiary/aromatic N) is 1. The molecule has 0 aliphatic heterocycles. The highest BCUT2D eigenvalue weighted by Gasteiger charge is 2.32. The van der Waals surface area contributed by atoms with Gasteiger partial charge >= 0.3 is 0 Å². The fraction of sp³-hybridized carbons (Fsp3) is 0.562. The van der Waals surface area contributed by atoms with Gasteiger partial charge in [0.05, 0.1) is 16.3 Å². The third kappa shape index (κ3) is 3.95. The van der Waals surface area contributed by atoms with E-state index in [1.165, 1.54) is 0 Å². The molecule has 116 valence electrons. The van der Waals surface area contributed by atoms with Crippen LogP contribution >= 0.6 is 22.9 Å². The van der Waals surface area contributed by atoms with Gasteiger partial charge in [0.2, 0.25) is 0 Å². The summed E-state index contributed by atoms with van der Waals surface area (Å²) in [4.78, 5) is 4.73. The summed E-state index contributed by atoms with van der Waals surface area (Å²) in [5, 5.41) is 10.6. The van der Waals surface area contributed by atoms with Crippen molar-refractivity contribution in [1.29, 1.82) is 0 Å². The molecule has 1 aromatic carbocycles. The molecule has 0 radical (unpaired) electrons. The number of thiazole rings is 1. The second kappa shape index (κ2) is 7.05. The van der Waals surface area contributed by atoms with E-state index in [1.54, 1.807) is 11.3 Å². The highest BCUT2D eigenvalue weighted by Crippen LogP contribution is 2.35. The fourth-order valence-electron chi connectivity index (χ4n) is 2.03. The Kier molecular flexibility index (Phi) is 5.60. The Morgan fingerprint density at radius 3 is 2.86 bits per heavy atom. The number of hydrogen-bond donors (Lipinski definition) is 1. The minimum Gasteiger partial charge on any atom is -0.396 e. The largest absolute Gasteiger partial charge is 0.396 e. The summed E-state index contributed by atoms with van der Waals surface area (Å²) < 4.78 is 7.02. The van der Waals surface area contributed by atoms with Crippen molar-refractivity contribution >= 4 is 33.2 Å². The van der Waals surface area contributed by atoms with Gasteiger partial charge in [-0.05, 0) is 38.0 Å². The predicted molar refractivity (Wildman–Crippen MR) is 89.4 cm³/mol. The van der Waals surface area contributed by atoms with E-state index in [0.717, 1.165) is 33.1 Å². The summed E-state index contributed by atoms with van der Waals surface area (Å²) in [6.07, 6.45) is 1.73. The Labute approximate surface area is 134 Å². The molecule has 1 aromatic heterocycles. The SMILES string of the molecule is CC(OCCCCO)C(C)(C)c1nc2ccc(Cl)cc2s1. The van der Waals surface area contributed by atoms with Gasteiger partial charge in [-0.25, -0.2) is 4.98 Å². The first-order chi connectivity index (χ1) is 9.95. The molecule has 1 atom stereocenters. The molecular weight excluding hydrogens is 306 g/mol. The lowest BCUT2D eigenvalue weighted by Crippen LogP contribution is -2.33. The normalized spacial score (nSPS) is 13.8. The molecule has 0 amide bonds. The zero-order valence-corrected chi connectivity index (χ0v) is 14.3. The van der Waals surface area contributed by atoms with Crippen LogP contribution in [-0.2, 0) is 10.2 Å². The van der Waals surface area contributed by atoms with E-state index in [4.69, 9.17) is 26.4 Å². The van der Waals surface area contributed by atoms with E-state index in [9.17, 15) is 0 Å². The van der Waals surface area contributed by atoms with Crippen LogP contribution in [0.15, 0.2) is 18.2 Å². The van der Waals surface area contributed by atoms with Crippen molar-refractivity contribution in [2.45, 2.75) is 45.1 Å². The van der Waals surface area contributed by atoms with Crippen molar-refractivity contribution in [3.8, 4) is 0 Å². The van der Waals surface area contributed by atoms with Gasteiger partial charge in [-0.15, -0.1) is 11.3 Å². The van der Waals surface area contributed by atoms with Crippen LogP contribution in [0.1, 0.15) is 38.6 Å². The van der Waals surface area contributed by atoms with Crippen molar-refractivity contribution in [3.05, 3.63) is 28.2 Å². The molecule has 1 unspecified atom stereocenters. The Hall–Kier alpha value is -0.680. The Morgan fingerprint density at radius 2 is 2.14 bits per heavy atom. The molecule has 21 heavy (non-hydrogen) atoms. The first-order valence-corrected chi connectivity index (χ1v) is 8.43. The summed E-state index contributed by atoms with van der Waals surface area (Å²) in [5.74, 6) is 0. The van der Waals surface area contributed by atoms with Crippen molar-refractivity contribution in [2.24, 2.45) is 0 Å². The summed E-state index contributed by atoms with van der Waals surface area (Å²) in [5.41, 5.74) is 0.829. The lowest BCUT2D eigenvalue weighted by Gasteiger charge is -2.29. The van der Waals surface area contributed by atoms with Gasteiger partial charge < -0.3 is 9.84 Å². The Morgan fingerprint density at radius 1 is 1.38 bits per heavy atom. The average Bonchev–Trinajstić information content (AvgIpc) is 2.87. The van der Waals surface area contributed by atoms with E-state index in [-0.39, 0.29) is 18.1 Å². The van der Waals surface area contributed by atoms with Crippen LogP contribution in [-0.4, -0.2) is 29.4 Å². The molecule has 1 heterocycles. The lowest BCUT2D eigenvalue weighted by atomic mass is 9.88. The zero-order valence-electron chi connectivity index (χ0n) is 12.7. The number of rotatable bonds is 7. The maximum Gasteiger partial charge on any atom is 0.102 e. The molecule has 2 rings (SSSR count). The van der Waals surface area contributed by atoms with Crippen LogP contribution in [0.2, 0.25) is 5.02 Å². The summed E-state index contributed by atoms with van der Waals surface area (Å²) in [6, 6.07) is 5.79. The fourth-order valence-corrected chi connectivity index (χ4v) is 3.45. The molecule has 0 fully saturated rings. The first kappa shape index (κ1) is 16.7.